The molecule has 1 unspecified atom stereocenters. The number of ketones is 2. The number of anilines is 2. The van der Waals surface area contributed by atoms with Crippen LogP contribution in [-0.4, -0.2) is 58.0 Å². The highest BCUT2D eigenvalue weighted by Crippen LogP contribution is 2.56. The molecule has 4 heterocycles. The quantitative estimate of drug-likeness (QED) is 0.242. The number of methoxy groups -OCH3 is 3. The molecule has 15 heteroatoms. The van der Waals surface area contributed by atoms with E-state index in [-0.39, 0.29) is 63.8 Å². The molecule has 7 rings (SSSR count). The Labute approximate surface area is 278 Å². The number of hydrogen-bond donors (Lipinski definition) is 3. The van der Waals surface area contributed by atoms with Gasteiger partial charge in [-0.2, -0.15) is 4.98 Å². The van der Waals surface area contributed by atoms with Crippen LogP contribution in [-0.2, 0) is 18.4 Å². The maximum Gasteiger partial charge on any atom is 0.258 e. The first-order chi connectivity index (χ1) is 23.0. The first-order valence-electron chi connectivity index (χ1n) is 14.9. The van der Waals surface area contributed by atoms with E-state index in [4.69, 9.17) is 41.0 Å². The fraction of sp³-hybridized carbons (Fsp3) is 0.303. The zero-order valence-electron chi connectivity index (χ0n) is 26.6. The minimum atomic E-state index is -2.01. The van der Waals surface area contributed by atoms with Crippen LogP contribution >= 0.6 is 11.6 Å². The molecule has 3 aliphatic rings. The summed E-state index contributed by atoms with van der Waals surface area (Å²) in [5.74, 6) is -1.01. The maximum atomic E-state index is 15.0. The van der Waals surface area contributed by atoms with Crippen molar-refractivity contribution in [3.63, 3.8) is 0 Å². The van der Waals surface area contributed by atoms with Gasteiger partial charge in [-0.05, 0) is 24.1 Å². The Balaban J connectivity index is 1.37. The second-order valence-electron chi connectivity index (χ2n) is 11.7. The van der Waals surface area contributed by atoms with Crippen molar-refractivity contribution in [1.82, 2.24) is 19.5 Å². The summed E-state index contributed by atoms with van der Waals surface area (Å²) in [5.41, 5.74) is 4.67. The van der Waals surface area contributed by atoms with E-state index in [1.165, 1.54) is 27.4 Å². The van der Waals surface area contributed by atoms with Crippen LogP contribution in [0.15, 0.2) is 52.7 Å². The van der Waals surface area contributed by atoms with Crippen LogP contribution in [0.1, 0.15) is 46.6 Å². The van der Waals surface area contributed by atoms with Crippen LogP contribution in [0.4, 0.5) is 11.8 Å². The van der Waals surface area contributed by atoms with Gasteiger partial charge in [-0.25, -0.2) is 4.98 Å². The summed E-state index contributed by atoms with van der Waals surface area (Å²) in [7, 11) is 6.16. The number of allylic oxidation sites excluding steroid dienone is 1. The molecule has 0 saturated carbocycles. The zero-order chi connectivity index (χ0) is 34.1. The van der Waals surface area contributed by atoms with E-state index in [0.717, 1.165) is 0 Å². The van der Waals surface area contributed by atoms with Crippen molar-refractivity contribution in [3.05, 3.63) is 85.8 Å². The largest absolute Gasteiger partial charge is 0.496 e. The third-order valence-corrected chi connectivity index (χ3v) is 9.51. The molecule has 0 fully saturated rings. The number of aromatic amines is 1. The number of nitrogen functional groups attached to an aromatic ring is 1. The van der Waals surface area contributed by atoms with E-state index in [1.54, 1.807) is 31.3 Å². The minimum Gasteiger partial charge on any atom is -0.496 e. The highest BCUT2D eigenvalue weighted by atomic mass is 35.5. The van der Waals surface area contributed by atoms with E-state index < -0.39 is 34.6 Å². The van der Waals surface area contributed by atoms with Gasteiger partial charge in [0.15, 0.2) is 17.2 Å². The highest BCUT2D eigenvalue weighted by Gasteiger charge is 2.63. The van der Waals surface area contributed by atoms with Crippen LogP contribution in [0, 0.1) is 5.92 Å². The van der Waals surface area contributed by atoms with Crippen molar-refractivity contribution in [1.29, 1.82) is 0 Å². The monoisotopic (exact) mass is 674 g/mol. The van der Waals surface area contributed by atoms with E-state index in [1.807, 2.05) is 17.8 Å². The molecule has 2 aliphatic heterocycles. The van der Waals surface area contributed by atoms with Crippen molar-refractivity contribution in [2.75, 3.05) is 32.4 Å². The van der Waals surface area contributed by atoms with Gasteiger partial charge in [0.2, 0.25) is 23.1 Å². The van der Waals surface area contributed by atoms with Crippen LogP contribution < -0.4 is 40.3 Å². The van der Waals surface area contributed by atoms with Crippen molar-refractivity contribution in [2.45, 2.75) is 31.5 Å². The molecule has 0 amide bonds. The Morgan fingerprint density at radius 1 is 1.06 bits per heavy atom. The molecule has 2 aromatic heterocycles. The Morgan fingerprint density at radius 2 is 1.81 bits per heavy atom. The summed E-state index contributed by atoms with van der Waals surface area (Å²) >= 11 is 6.64. The lowest BCUT2D eigenvalue weighted by Gasteiger charge is -2.42. The van der Waals surface area contributed by atoms with Gasteiger partial charge in [0.05, 0.1) is 26.9 Å². The summed E-state index contributed by atoms with van der Waals surface area (Å²) in [6.07, 6.45) is 3.66. The van der Waals surface area contributed by atoms with Crippen molar-refractivity contribution in [2.24, 2.45) is 13.0 Å². The molecule has 3 atom stereocenters. The van der Waals surface area contributed by atoms with Crippen molar-refractivity contribution in [3.8, 4) is 28.7 Å². The molecule has 4 aromatic rings. The molecule has 48 heavy (non-hydrogen) atoms. The lowest BCUT2D eigenvalue weighted by Crippen LogP contribution is -2.58. The summed E-state index contributed by atoms with van der Waals surface area (Å²) in [6, 6.07) is 6.58. The van der Waals surface area contributed by atoms with E-state index in [2.05, 4.69) is 20.3 Å². The fourth-order valence-electron chi connectivity index (χ4n) is 6.76. The number of rotatable bonds is 7. The molecule has 248 valence electrons. The molecular weight excluding hydrogens is 644 g/mol. The number of benzene rings is 2. The molecule has 1 aliphatic carbocycles. The molecule has 2 aromatic carbocycles. The SMILES string of the molecule is COc1cc(C2C3=C(C[C@@H](C)[C@]4(Oc5c(Cl)c(OC)cc(OC)c5C4=O)C3=O)Nc3nc(N)[nH]c(=O)c32)ccc1OCc1nccn1C. The fourth-order valence-corrected chi connectivity index (χ4v) is 7.03. The van der Waals surface area contributed by atoms with Gasteiger partial charge in [-0.3, -0.25) is 19.4 Å². The van der Waals surface area contributed by atoms with Gasteiger partial charge in [0, 0.05) is 48.6 Å². The third-order valence-electron chi connectivity index (χ3n) is 9.15. The van der Waals surface area contributed by atoms with Crippen molar-refractivity contribution < 1.29 is 33.3 Å². The topological polar surface area (TPSA) is 182 Å². The maximum absolute atomic E-state index is 15.0. The number of halogens is 1. The summed E-state index contributed by atoms with van der Waals surface area (Å²) in [6.45, 7) is 1.91. The third kappa shape index (κ3) is 4.43. The van der Waals surface area contributed by atoms with Crippen LogP contribution in [0.25, 0.3) is 0 Å². The average molecular weight is 675 g/mol. The second kappa shape index (κ2) is 11.3. The molecule has 4 N–H and O–H groups in total. The van der Waals surface area contributed by atoms with Gasteiger partial charge in [0.25, 0.3) is 5.56 Å². The Morgan fingerprint density at radius 3 is 2.50 bits per heavy atom. The molecule has 0 radical (unpaired) electrons. The number of carbonyl (C=O) groups excluding carboxylic acids is 2. The number of aromatic nitrogens is 4. The Kier molecular flexibility index (Phi) is 7.35. The number of nitrogens with zero attached hydrogens (tertiary/aromatic N) is 3. The summed E-state index contributed by atoms with van der Waals surface area (Å²) in [4.78, 5) is 54.2. The normalized spacial score (nSPS) is 20.9. The molecule has 14 nitrogen and oxygen atoms in total. The number of carbonyl (C=O) groups is 2. The smallest absolute Gasteiger partial charge is 0.258 e. The zero-order valence-corrected chi connectivity index (χ0v) is 27.4. The van der Waals surface area contributed by atoms with Gasteiger partial charge in [-0.1, -0.05) is 24.6 Å². The average Bonchev–Trinajstić information content (AvgIpc) is 3.62. The minimum absolute atomic E-state index is 0.00833. The van der Waals surface area contributed by atoms with Gasteiger partial charge in [-0.15, -0.1) is 0 Å². The highest BCUT2D eigenvalue weighted by molar-refractivity contribution is 6.36. The number of ether oxygens (including phenoxy) is 5. The molecule has 0 bridgehead atoms. The number of nitrogens with two attached hydrogens (primary N) is 1. The summed E-state index contributed by atoms with van der Waals surface area (Å²) in [5, 5.41) is 3.19. The van der Waals surface area contributed by atoms with Crippen LogP contribution in [0.5, 0.6) is 28.7 Å². The lowest BCUT2D eigenvalue weighted by molar-refractivity contribution is -0.130. The Bertz CT molecular complexity index is 2120. The van der Waals surface area contributed by atoms with Crippen molar-refractivity contribution >= 4 is 34.9 Å². The van der Waals surface area contributed by atoms with E-state index >= 15 is 4.79 Å². The number of fused-ring (bicyclic) bond motifs is 2. The number of hydrogen-bond acceptors (Lipinski definition) is 12. The standard InChI is InChI=1S/C33H31ClN6O8/c1-14-10-16-23(28(41)33(14)29(42)24-19(45-4)12-20(46-5)26(34)27(24)48-33)22(25-30(37-16)38-32(35)39-31(25)43)15-6-7-17(18(11-15)44-3)47-13-21-36-8-9-40(21)2/h6-9,11-12,14,22H,10,13H2,1-5H3,(H4,35,37,38,39,43)/t14-,22?,33+/m1/s1. The summed E-state index contributed by atoms with van der Waals surface area (Å²) < 4.78 is 30.8. The number of nitrogens with one attached hydrogen (secondary N) is 2. The molecular formula is C33H31ClN6O8. The van der Waals surface area contributed by atoms with Gasteiger partial charge >= 0.3 is 0 Å². The lowest BCUT2D eigenvalue weighted by atomic mass is 9.66. The van der Waals surface area contributed by atoms with Gasteiger partial charge in [0.1, 0.15) is 40.3 Å². The predicted octanol–water partition coefficient (Wildman–Crippen LogP) is 3.78. The Hall–Kier alpha value is -5.50. The van der Waals surface area contributed by atoms with E-state index in [9.17, 15) is 9.59 Å². The van der Waals surface area contributed by atoms with Gasteiger partial charge < -0.3 is 39.3 Å². The van der Waals surface area contributed by atoms with Crippen LogP contribution in [0.2, 0.25) is 5.02 Å². The first-order valence-corrected chi connectivity index (χ1v) is 15.3. The predicted molar refractivity (Wildman–Crippen MR) is 173 cm³/mol. The first kappa shape index (κ1) is 31.1. The number of H-pyrrole nitrogens is 1. The molecule has 0 saturated heterocycles. The van der Waals surface area contributed by atoms with E-state index in [0.29, 0.717) is 28.6 Å². The second-order valence-corrected chi connectivity index (χ2v) is 12.1. The number of aryl methyl sites for hydroxylation is 1. The number of Topliss-reactive ketones (excluding diaryl/α,β-unsaturated/α-hetero) is 2. The number of imidazole rings is 1. The molecule has 1 spiro atoms. The van der Waals surface area contributed by atoms with Crippen LogP contribution in [0.3, 0.4) is 0 Å².